The number of rotatable bonds is 3. The largest absolute Gasteiger partial charge is 0.395 e. The average molecular weight is 271 g/mol. The summed E-state index contributed by atoms with van der Waals surface area (Å²) in [4.78, 5) is 4.25. The number of fused-ring (bicyclic) bond motifs is 1. The quantitative estimate of drug-likeness (QED) is 0.880. The molecule has 2 N–H and O–H groups in total. The van der Waals surface area contributed by atoms with Gasteiger partial charge < -0.3 is 10.4 Å². The lowest BCUT2D eigenvalue weighted by Crippen LogP contribution is -2.08. The van der Waals surface area contributed by atoms with E-state index in [4.69, 9.17) is 5.11 Å². The van der Waals surface area contributed by atoms with Crippen LogP contribution in [0.1, 0.15) is 5.69 Å². The predicted molar refractivity (Wildman–Crippen MR) is 61.0 cm³/mol. The topological polar surface area (TPSA) is 62.5 Å². The maximum Gasteiger partial charge on any atom is 0.177 e. The zero-order valence-electron chi connectivity index (χ0n) is 8.24. The predicted octanol–water partition coefficient (Wildman–Crippen LogP) is 1.20. The van der Waals surface area contributed by atoms with Crippen LogP contribution in [0.25, 0.3) is 5.65 Å². The summed E-state index contributed by atoms with van der Waals surface area (Å²) in [5.41, 5.74) is 2.60. The van der Waals surface area contributed by atoms with Crippen LogP contribution in [0, 0.1) is 6.92 Å². The van der Waals surface area contributed by atoms with Crippen molar-refractivity contribution in [2.75, 3.05) is 18.5 Å². The molecule has 2 heterocycles. The minimum Gasteiger partial charge on any atom is -0.395 e. The number of halogens is 1. The van der Waals surface area contributed by atoms with Gasteiger partial charge in [0.1, 0.15) is 4.60 Å². The number of anilines is 1. The van der Waals surface area contributed by atoms with E-state index in [1.165, 1.54) is 0 Å². The van der Waals surface area contributed by atoms with E-state index < -0.39 is 0 Å². The van der Waals surface area contributed by atoms with Crippen molar-refractivity contribution in [2.45, 2.75) is 6.92 Å². The van der Waals surface area contributed by atoms with Crippen LogP contribution in [-0.2, 0) is 0 Å². The van der Waals surface area contributed by atoms with Gasteiger partial charge in [0.15, 0.2) is 5.65 Å². The van der Waals surface area contributed by atoms with Crippen molar-refractivity contribution in [3.63, 3.8) is 0 Å². The summed E-state index contributed by atoms with van der Waals surface area (Å²) in [5, 5.41) is 16.1. The lowest BCUT2D eigenvalue weighted by molar-refractivity contribution is 0.311. The van der Waals surface area contributed by atoms with Crippen molar-refractivity contribution >= 4 is 27.3 Å². The van der Waals surface area contributed by atoms with Crippen LogP contribution in [0.3, 0.4) is 0 Å². The van der Waals surface area contributed by atoms with Crippen LogP contribution >= 0.6 is 15.9 Å². The molecule has 0 aliphatic rings. The first-order valence-corrected chi connectivity index (χ1v) is 5.37. The highest BCUT2D eigenvalue weighted by atomic mass is 79.9. The van der Waals surface area contributed by atoms with E-state index in [-0.39, 0.29) is 6.61 Å². The third kappa shape index (κ3) is 1.95. The van der Waals surface area contributed by atoms with Gasteiger partial charge in [-0.15, -0.1) is 0 Å². The maximum atomic E-state index is 8.76. The monoisotopic (exact) mass is 270 g/mol. The molecule has 15 heavy (non-hydrogen) atoms. The number of hydrogen-bond donors (Lipinski definition) is 2. The fraction of sp³-hybridized carbons (Fsp3) is 0.333. The lowest BCUT2D eigenvalue weighted by atomic mass is 10.4. The molecule has 0 saturated heterocycles. The number of nitrogens with one attached hydrogen (secondary N) is 1. The number of imidazole rings is 1. The van der Waals surface area contributed by atoms with E-state index in [2.05, 4.69) is 31.3 Å². The molecule has 0 saturated carbocycles. The molecule has 0 spiro atoms. The smallest absolute Gasteiger partial charge is 0.177 e. The second kappa shape index (κ2) is 4.16. The first-order chi connectivity index (χ1) is 7.22. The van der Waals surface area contributed by atoms with Crippen LogP contribution in [0.4, 0.5) is 5.69 Å². The standard InChI is InChI=1S/C9H11BrN4O/c1-6-5-12-9-7(11-2-3-15)4-8(10)13-14(6)9/h4-5,11,15H,2-3H2,1H3. The molecule has 0 aliphatic carbocycles. The van der Waals surface area contributed by atoms with Gasteiger partial charge in [-0.2, -0.15) is 5.10 Å². The Labute approximate surface area is 95.3 Å². The summed E-state index contributed by atoms with van der Waals surface area (Å²) >= 11 is 3.33. The van der Waals surface area contributed by atoms with Crippen molar-refractivity contribution in [1.29, 1.82) is 0 Å². The molecule has 6 heteroatoms. The molecule has 80 valence electrons. The van der Waals surface area contributed by atoms with Crippen molar-refractivity contribution in [3.05, 3.63) is 22.6 Å². The van der Waals surface area contributed by atoms with Gasteiger partial charge in [-0.3, -0.25) is 0 Å². The number of aromatic nitrogens is 3. The number of hydrogen-bond acceptors (Lipinski definition) is 4. The summed E-state index contributed by atoms with van der Waals surface area (Å²) < 4.78 is 2.49. The lowest BCUT2D eigenvalue weighted by Gasteiger charge is -2.06. The molecule has 5 nitrogen and oxygen atoms in total. The van der Waals surface area contributed by atoms with Crippen molar-refractivity contribution < 1.29 is 5.11 Å². The van der Waals surface area contributed by atoms with E-state index in [9.17, 15) is 0 Å². The van der Waals surface area contributed by atoms with Crippen LogP contribution in [0.15, 0.2) is 16.9 Å². The minimum absolute atomic E-state index is 0.0891. The second-order valence-electron chi connectivity index (χ2n) is 3.17. The van der Waals surface area contributed by atoms with E-state index in [0.717, 1.165) is 21.6 Å². The van der Waals surface area contributed by atoms with E-state index >= 15 is 0 Å². The number of nitrogens with zero attached hydrogens (tertiary/aromatic N) is 3. The first kappa shape index (κ1) is 10.4. The number of aliphatic hydroxyl groups is 1. The van der Waals surface area contributed by atoms with Gasteiger partial charge in [0.05, 0.1) is 24.2 Å². The SMILES string of the molecule is Cc1cnc2c(NCCO)cc(Br)nn12. The Kier molecular flexibility index (Phi) is 2.88. The summed E-state index contributed by atoms with van der Waals surface area (Å²) in [5.74, 6) is 0. The molecule has 2 aromatic heterocycles. The molecule has 0 radical (unpaired) electrons. The zero-order chi connectivity index (χ0) is 10.8. The fourth-order valence-corrected chi connectivity index (χ4v) is 1.76. The van der Waals surface area contributed by atoms with E-state index in [1.54, 1.807) is 10.7 Å². The molecule has 0 bridgehead atoms. The Morgan fingerprint density at radius 3 is 3.13 bits per heavy atom. The molecule has 0 atom stereocenters. The first-order valence-electron chi connectivity index (χ1n) is 4.58. The van der Waals surface area contributed by atoms with Gasteiger partial charge >= 0.3 is 0 Å². The molecule has 2 aromatic rings. The van der Waals surface area contributed by atoms with Gasteiger partial charge in [0, 0.05) is 6.54 Å². The summed E-state index contributed by atoms with van der Waals surface area (Å²) in [7, 11) is 0. The van der Waals surface area contributed by atoms with Gasteiger partial charge in [0.2, 0.25) is 0 Å². The highest BCUT2D eigenvalue weighted by molar-refractivity contribution is 9.10. The number of aryl methyl sites for hydroxylation is 1. The van der Waals surface area contributed by atoms with Crippen LogP contribution < -0.4 is 5.32 Å². The van der Waals surface area contributed by atoms with Crippen LogP contribution in [0.5, 0.6) is 0 Å². The Hall–Kier alpha value is -1.14. The molecule has 0 amide bonds. The Morgan fingerprint density at radius 2 is 2.40 bits per heavy atom. The maximum absolute atomic E-state index is 8.76. The Bertz CT molecular complexity index is 482. The summed E-state index contributed by atoms with van der Waals surface area (Å²) in [6.07, 6.45) is 1.76. The van der Waals surface area contributed by atoms with Crippen molar-refractivity contribution in [3.8, 4) is 0 Å². The molecule has 0 aromatic carbocycles. The van der Waals surface area contributed by atoms with E-state index in [0.29, 0.717) is 6.54 Å². The zero-order valence-corrected chi connectivity index (χ0v) is 9.82. The third-order valence-corrected chi connectivity index (χ3v) is 2.42. The molecular weight excluding hydrogens is 260 g/mol. The highest BCUT2D eigenvalue weighted by Gasteiger charge is 2.07. The molecule has 0 aliphatic heterocycles. The second-order valence-corrected chi connectivity index (χ2v) is 3.98. The van der Waals surface area contributed by atoms with Gasteiger partial charge in [-0.05, 0) is 28.9 Å². The van der Waals surface area contributed by atoms with Gasteiger partial charge in [-0.1, -0.05) is 0 Å². The highest BCUT2D eigenvalue weighted by Crippen LogP contribution is 2.19. The molecule has 2 rings (SSSR count). The minimum atomic E-state index is 0.0891. The molecule has 0 fully saturated rings. The average Bonchev–Trinajstić information content (AvgIpc) is 2.57. The van der Waals surface area contributed by atoms with Crippen LogP contribution in [0.2, 0.25) is 0 Å². The van der Waals surface area contributed by atoms with E-state index in [1.807, 2.05) is 13.0 Å². The molecular formula is C9H11BrN4O. The molecule has 0 unspecified atom stereocenters. The van der Waals surface area contributed by atoms with Crippen LogP contribution in [-0.4, -0.2) is 32.9 Å². The van der Waals surface area contributed by atoms with Gasteiger partial charge in [-0.25, -0.2) is 9.50 Å². The van der Waals surface area contributed by atoms with Gasteiger partial charge in [0.25, 0.3) is 0 Å². The summed E-state index contributed by atoms with van der Waals surface area (Å²) in [6, 6.07) is 1.84. The van der Waals surface area contributed by atoms with Crippen molar-refractivity contribution in [1.82, 2.24) is 14.6 Å². The Balaban J connectivity index is 2.52. The summed E-state index contributed by atoms with van der Waals surface area (Å²) in [6.45, 7) is 2.53. The normalized spacial score (nSPS) is 10.9. The third-order valence-electron chi connectivity index (χ3n) is 2.04. The fourth-order valence-electron chi connectivity index (χ4n) is 1.37. The Morgan fingerprint density at radius 1 is 1.60 bits per heavy atom. The number of aliphatic hydroxyl groups excluding tert-OH is 1. The van der Waals surface area contributed by atoms with Crippen molar-refractivity contribution in [2.24, 2.45) is 0 Å².